The first-order valence-electron chi connectivity index (χ1n) is 2.21. The predicted molar refractivity (Wildman–Crippen MR) is 35.7 cm³/mol. The fourth-order valence-electron chi connectivity index (χ4n) is 0. The van der Waals surface area contributed by atoms with E-state index in [2.05, 4.69) is 0 Å². The monoisotopic (exact) mass is 213 g/mol. The smallest absolute Gasteiger partial charge is 0.187 e. The van der Waals surface area contributed by atoms with Crippen LogP contribution >= 0.6 is 0 Å². The van der Waals surface area contributed by atoms with Gasteiger partial charge in [0.25, 0.3) is 5.97 Å². The molecule has 0 aromatic carbocycles. The third-order valence-corrected chi connectivity index (χ3v) is 1.11. The van der Waals surface area contributed by atoms with Gasteiger partial charge in [0.15, 0.2) is 17.4 Å². The van der Waals surface area contributed by atoms with Crippen LogP contribution in [0, 0.1) is 0 Å². The molecule has 0 aromatic rings. The number of hydrogen-bond acceptors (Lipinski definition) is 2. The summed E-state index contributed by atoms with van der Waals surface area (Å²) < 4.78 is 0. The van der Waals surface area contributed by atoms with Gasteiger partial charge in [-0.05, 0) is 0 Å². The van der Waals surface area contributed by atoms with Crippen molar-refractivity contribution in [3.63, 3.8) is 0 Å². The molecule has 0 aromatic heterocycles. The van der Waals surface area contributed by atoms with Crippen molar-refractivity contribution in [1.29, 1.82) is 0 Å². The van der Waals surface area contributed by atoms with Crippen LogP contribution in [0.3, 0.4) is 0 Å². The van der Waals surface area contributed by atoms with Crippen molar-refractivity contribution >= 4 is 29.3 Å². The van der Waals surface area contributed by atoms with Gasteiger partial charge in [-0.15, -0.1) is 0 Å². The number of hydrogen-bond donors (Lipinski definition) is 2. The van der Waals surface area contributed by atoms with Crippen molar-refractivity contribution in [1.82, 2.24) is 0 Å². The molecule has 0 fully saturated rings. The van der Waals surface area contributed by atoms with Crippen molar-refractivity contribution in [2.24, 2.45) is 0 Å². The van der Waals surface area contributed by atoms with Crippen LogP contribution in [0.4, 0.5) is 0 Å². The molecule has 0 rings (SSSR count). The first-order chi connectivity index (χ1) is 4.00. The Morgan fingerprint density at radius 2 is 1.50 bits per heavy atom. The number of aliphatic carboxylic acids is 2. The molecule has 0 unspecified atom stereocenters. The molecular weight excluding hydrogens is 204 g/mol. The summed E-state index contributed by atoms with van der Waals surface area (Å²) in [6.07, 6.45) is 0. The van der Waals surface area contributed by atoms with Crippen LogP contribution in [-0.2, 0) is 27.9 Å². The van der Waals surface area contributed by atoms with Gasteiger partial charge in [-0.3, -0.25) is 4.79 Å². The Morgan fingerprint density at radius 1 is 1.40 bits per heavy atom. The maximum Gasteiger partial charge on any atom is 0.187 e. The summed E-state index contributed by atoms with van der Waals surface area (Å²) in [4.78, 5) is 18.4. The Morgan fingerprint density at radius 3 is 1.50 bits per heavy atom. The molecule has 10 heavy (non-hydrogen) atoms. The molecule has 0 radical (unpaired) electrons. The number of carboxylic acids is 2. The fraction of sp³-hybridized carbons (Fsp3) is 0.500. The third-order valence-electron chi connectivity index (χ3n) is 0.214. The zero-order chi connectivity index (χ0) is 7.86. The summed E-state index contributed by atoms with van der Waals surface area (Å²) in [5.41, 5.74) is 0. The van der Waals surface area contributed by atoms with E-state index in [0.29, 0.717) is 5.02 Å². The second kappa shape index (κ2) is 11.8. The van der Waals surface area contributed by atoms with Crippen molar-refractivity contribution in [3.05, 3.63) is 0 Å². The number of carboxylic acid groups (broad SMARTS) is 2. The molecule has 0 amide bonds. The minimum Gasteiger partial charge on any atom is 0.187 e. The van der Waals surface area contributed by atoms with E-state index in [4.69, 9.17) is 15.0 Å². The Kier molecular flexibility index (Phi) is 19.6. The van der Waals surface area contributed by atoms with E-state index in [-0.39, 0.29) is 17.4 Å². The maximum atomic E-state index is 9.40. The van der Waals surface area contributed by atoms with Gasteiger partial charge in [-0.2, -0.15) is 0 Å². The van der Waals surface area contributed by atoms with E-state index < -0.39 is 11.9 Å². The maximum absolute atomic E-state index is 9.40. The predicted octanol–water partition coefficient (Wildman–Crippen LogP) is -1.06. The van der Waals surface area contributed by atoms with Gasteiger partial charge < -0.3 is 5.11 Å². The molecule has 0 aliphatic heterocycles. The van der Waals surface area contributed by atoms with Crippen LogP contribution in [0.15, 0.2) is 0 Å². The average molecular weight is 214 g/mol. The van der Waals surface area contributed by atoms with E-state index >= 15 is 0 Å². The SMILES string of the molecule is CC(=O)O.O=C(O)[CH2][Zn].[AlH3]. The molecule has 0 aliphatic rings. The van der Waals surface area contributed by atoms with Gasteiger partial charge in [0.1, 0.15) is 0 Å². The Bertz CT molecular complexity index is 101. The molecule has 0 bridgehead atoms. The van der Waals surface area contributed by atoms with Crippen LogP contribution in [0.1, 0.15) is 6.92 Å². The van der Waals surface area contributed by atoms with Crippen molar-refractivity contribution < 1.29 is 38.1 Å². The van der Waals surface area contributed by atoms with Gasteiger partial charge in [0, 0.05) is 6.92 Å². The molecular formula is C4H10AlO4Zn. The summed E-state index contributed by atoms with van der Waals surface area (Å²) in [5, 5.41) is 15.5. The second-order valence-corrected chi connectivity index (χ2v) is 2.21. The molecule has 0 atom stereocenters. The summed E-state index contributed by atoms with van der Waals surface area (Å²) in [7, 11) is 0. The van der Waals surface area contributed by atoms with E-state index in [1.165, 1.54) is 0 Å². The molecule has 2 N–H and O–H groups in total. The molecule has 0 aliphatic carbocycles. The fourth-order valence-corrected chi connectivity index (χ4v) is 0. The Hall–Kier alpha value is 0.0958. The largest absolute Gasteiger partial charge is 0.187 e. The summed E-state index contributed by atoms with van der Waals surface area (Å²) >= 11 is 0.856. The van der Waals surface area contributed by atoms with Gasteiger partial charge >= 0.3 is 39.2 Å². The standard InChI is InChI=1S/C2H4O2.C2H3O2.Al.Zn.3H/c2*1-2(3)4;;;;;/h1H3,(H,3,4);1H2,(H,3,4);;;;;. The zero-order valence-corrected chi connectivity index (χ0v) is 8.09. The molecule has 55 valence electrons. The quantitative estimate of drug-likeness (QED) is 0.546. The first kappa shape index (κ1) is 16.6. The Balaban J connectivity index is -0.0000000910. The molecule has 0 spiro atoms. The minimum absolute atomic E-state index is 0. The van der Waals surface area contributed by atoms with E-state index in [1.54, 1.807) is 0 Å². The molecule has 0 heterocycles. The molecule has 6 heteroatoms. The van der Waals surface area contributed by atoms with Crippen LogP contribution < -0.4 is 0 Å². The van der Waals surface area contributed by atoms with Crippen molar-refractivity contribution in [2.75, 3.05) is 0 Å². The molecule has 4 nitrogen and oxygen atoms in total. The number of rotatable bonds is 1. The first-order valence-corrected chi connectivity index (χ1v) is 4.31. The van der Waals surface area contributed by atoms with E-state index in [0.717, 1.165) is 25.2 Å². The van der Waals surface area contributed by atoms with Gasteiger partial charge in [0.05, 0.1) is 0 Å². The van der Waals surface area contributed by atoms with Gasteiger partial charge in [-0.1, -0.05) is 0 Å². The average Bonchev–Trinajstić information content (AvgIpc) is 1.65. The van der Waals surface area contributed by atoms with Crippen LogP contribution in [0.25, 0.3) is 0 Å². The van der Waals surface area contributed by atoms with Crippen LogP contribution in [0.5, 0.6) is 0 Å². The van der Waals surface area contributed by atoms with Gasteiger partial charge in [0.2, 0.25) is 0 Å². The van der Waals surface area contributed by atoms with Crippen LogP contribution in [0.2, 0.25) is 5.02 Å². The zero-order valence-electron chi connectivity index (χ0n) is 5.13. The van der Waals surface area contributed by atoms with E-state index in [9.17, 15) is 4.79 Å². The second-order valence-electron chi connectivity index (χ2n) is 1.16. The minimum atomic E-state index is -0.833. The third kappa shape index (κ3) is 92.8. The normalized spacial score (nSPS) is 6.30. The summed E-state index contributed by atoms with van der Waals surface area (Å²) in [6, 6.07) is 0. The van der Waals surface area contributed by atoms with Crippen molar-refractivity contribution in [3.8, 4) is 0 Å². The van der Waals surface area contributed by atoms with Gasteiger partial charge in [-0.25, -0.2) is 0 Å². The summed E-state index contributed by atoms with van der Waals surface area (Å²) in [5.74, 6) is -1.52. The van der Waals surface area contributed by atoms with Crippen LogP contribution in [-0.4, -0.2) is 39.5 Å². The number of carbonyl (C=O) groups is 2. The van der Waals surface area contributed by atoms with E-state index in [1.807, 2.05) is 0 Å². The molecule has 0 saturated heterocycles. The summed E-state index contributed by atoms with van der Waals surface area (Å²) in [6.45, 7) is 1.08. The Labute approximate surface area is 79.4 Å². The topological polar surface area (TPSA) is 74.6 Å². The van der Waals surface area contributed by atoms with Crippen molar-refractivity contribution in [2.45, 2.75) is 11.9 Å². The molecule has 0 saturated carbocycles.